The van der Waals surface area contributed by atoms with Crippen LogP contribution in [0.5, 0.6) is 0 Å². The van der Waals surface area contributed by atoms with Crippen LogP contribution in [0.4, 0.5) is 10.1 Å². The van der Waals surface area contributed by atoms with Crippen LogP contribution in [0.25, 0.3) is 0 Å². The number of hydrogen-bond donors (Lipinski definition) is 2. The van der Waals surface area contributed by atoms with Gasteiger partial charge in [-0.05, 0) is 29.8 Å². The first-order chi connectivity index (χ1) is 12.5. The van der Waals surface area contributed by atoms with E-state index in [2.05, 4.69) is 10.3 Å². The first-order valence-electron chi connectivity index (χ1n) is 7.60. The van der Waals surface area contributed by atoms with Crippen LogP contribution < -0.4 is 11.1 Å². The Labute approximate surface area is 172 Å². The second-order valence-corrected chi connectivity index (χ2v) is 5.97. The number of anilines is 1. The van der Waals surface area contributed by atoms with E-state index in [1.54, 1.807) is 18.2 Å². The van der Waals surface area contributed by atoms with E-state index in [-0.39, 0.29) is 29.0 Å². The van der Waals surface area contributed by atoms with Gasteiger partial charge in [-0.25, -0.2) is 9.37 Å². The SMILES string of the molecule is Cl.Nc1cccc(Cl)c1F.O=C(NCc1ccccc1)c1ccnc(Cl)c1. The number of amides is 1. The van der Waals surface area contributed by atoms with E-state index >= 15 is 0 Å². The molecule has 0 aliphatic carbocycles. The van der Waals surface area contributed by atoms with Crippen molar-refractivity contribution in [2.45, 2.75) is 6.54 Å². The Kier molecular flexibility index (Phi) is 9.58. The molecule has 0 atom stereocenters. The Morgan fingerprint density at radius 1 is 1.07 bits per heavy atom. The van der Waals surface area contributed by atoms with Crippen molar-refractivity contribution in [3.05, 3.63) is 94.0 Å². The lowest BCUT2D eigenvalue weighted by molar-refractivity contribution is 0.0951. The Morgan fingerprint density at radius 2 is 1.78 bits per heavy atom. The van der Waals surface area contributed by atoms with E-state index in [0.29, 0.717) is 17.3 Å². The normalized spacial score (nSPS) is 9.44. The molecule has 4 nitrogen and oxygen atoms in total. The van der Waals surface area contributed by atoms with Crippen LogP contribution in [0.3, 0.4) is 0 Å². The zero-order valence-electron chi connectivity index (χ0n) is 14.0. The fourth-order valence-electron chi connectivity index (χ4n) is 1.94. The maximum absolute atomic E-state index is 12.5. The molecule has 1 amide bonds. The van der Waals surface area contributed by atoms with Gasteiger partial charge in [0, 0.05) is 18.3 Å². The zero-order valence-corrected chi connectivity index (χ0v) is 16.4. The summed E-state index contributed by atoms with van der Waals surface area (Å²) in [6.45, 7) is 0.500. The highest BCUT2D eigenvalue weighted by Crippen LogP contribution is 2.18. The molecule has 1 heterocycles. The standard InChI is InChI=1S/C13H11ClN2O.C6H5ClFN.ClH/c14-12-8-11(6-7-15-12)13(17)16-9-10-4-2-1-3-5-10;7-4-2-1-3-5(9)6(4)8;/h1-8H,9H2,(H,16,17);1-3H,9H2;1H. The number of nitrogens with one attached hydrogen (secondary N) is 1. The van der Waals surface area contributed by atoms with E-state index in [4.69, 9.17) is 28.9 Å². The second kappa shape index (κ2) is 11.4. The van der Waals surface area contributed by atoms with Crippen molar-refractivity contribution < 1.29 is 9.18 Å². The monoisotopic (exact) mass is 427 g/mol. The van der Waals surface area contributed by atoms with Crippen molar-refractivity contribution in [2.75, 3.05) is 5.73 Å². The molecular weight excluding hydrogens is 412 g/mol. The van der Waals surface area contributed by atoms with Gasteiger partial charge >= 0.3 is 0 Å². The van der Waals surface area contributed by atoms with Gasteiger partial charge in [0.15, 0.2) is 5.82 Å². The van der Waals surface area contributed by atoms with Gasteiger partial charge in [0.25, 0.3) is 5.91 Å². The van der Waals surface area contributed by atoms with Crippen LogP contribution in [0.1, 0.15) is 15.9 Å². The summed E-state index contributed by atoms with van der Waals surface area (Å²) in [5.41, 5.74) is 6.82. The Bertz CT molecular complexity index is 859. The Balaban J connectivity index is 0.000000310. The van der Waals surface area contributed by atoms with E-state index in [1.807, 2.05) is 30.3 Å². The molecule has 3 rings (SSSR count). The largest absolute Gasteiger partial charge is 0.396 e. The first-order valence-corrected chi connectivity index (χ1v) is 8.36. The van der Waals surface area contributed by atoms with Gasteiger partial charge in [-0.15, -0.1) is 12.4 Å². The molecule has 0 saturated carbocycles. The second-order valence-electron chi connectivity index (χ2n) is 5.18. The highest BCUT2D eigenvalue weighted by molar-refractivity contribution is 6.31. The molecule has 0 radical (unpaired) electrons. The lowest BCUT2D eigenvalue weighted by Gasteiger charge is -2.05. The number of carbonyl (C=O) groups excluding carboxylic acids is 1. The number of nitrogen functional groups attached to an aromatic ring is 1. The molecule has 0 fully saturated rings. The van der Waals surface area contributed by atoms with Gasteiger partial charge in [-0.1, -0.05) is 59.6 Å². The smallest absolute Gasteiger partial charge is 0.251 e. The molecule has 0 saturated heterocycles. The van der Waals surface area contributed by atoms with Crippen LogP contribution in [0.2, 0.25) is 10.2 Å². The van der Waals surface area contributed by atoms with Crippen LogP contribution in [0, 0.1) is 5.82 Å². The molecule has 0 unspecified atom stereocenters. The van der Waals surface area contributed by atoms with Gasteiger partial charge in [-0.3, -0.25) is 4.79 Å². The molecule has 8 heteroatoms. The van der Waals surface area contributed by atoms with Crippen LogP contribution in [-0.2, 0) is 6.54 Å². The molecule has 142 valence electrons. The van der Waals surface area contributed by atoms with Crippen molar-refractivity contribution in [3.8, 4) is 0 Å². The number of halogens is 4. The molecule has 0 aliphatic rings. The molecule has 3 aromatic rings. The Morgan fingerprint density at radius 3 is 2.37 bits per heavy atom. The third-order valence-electron chi connectivity index (χ3n) is 3.27. The van der Waals surface area contributed by atoms with Crippen molar-refractivity contribution in [3.63, 3.8) is 0 Å². The fourth-order valence-corrected chi connectivity index (χ4v) is 2.30. The number of nitrogens with two attached hydrogens (primary N) is 1. The molecule has 3 N–H and O–H groups in total. The number of carbonyl (C=O) groups is 1. The Hall–Kier alpha value is -2.34. The minimum atomic E-state index is -0.542. The van der Waals surface area contributed by atoms with Crippen LogP contribution in [0.15, 0.2) is 66.9 Å². The molecule has 1 aromatic heterocycles. The van der Waals surface area contributed by atoms with Crippen molar-refractivity contribution in [2.24, 2.45) is 0 Å². The quantitative estimate of drug-likeness (QED) is 0.448. The van der Waals surface area contributed by atoms with Crippen LogP contribution in [-0.4, -0.2) is 10.9 Å². The van der Waals surface area contributed by atoms with E-state index < -0.39 is 5.82 Å². The molecule has 0 spiro atoms. The van der Waals surface area contributed by atoms with Crippen molar-refractivity contribution in [1.29, 1.82) is 0 Å². The summed E-state index contributed by atoms with van der Waals surface area (Å²) in [5.74, 6) is -0.697. The number of rotatable bonds is 3. The lowest BCUT2D eigenvalue weighted by Crippen LogP contribution is -2.22. The number of benzene rings is 2. The topological polar surface area (TPSA) is 68.0 Å². The van der Waals surface area contributed by atoms with Crippen molar-refractivity contribution in [1.82, 2.24) is 10.3 Å². The minimum Gasteiger partial charge on any atom is -0.396 e. The van der Waals surface area contributed by atoms with Gasteiger partial charge in [-0.2, -0.15) is 0 Å². The first kappa shape index (κ1) is 22.7. The van der Waals surface area contributed by atoms with Gasteiger partial charge in [0.2, 0.25) is 0 Å². The average molecular weight is 429 g/mol. The highest BCUT2D eigenvalue weighted by atomic mass is 35.5. The average Bonchev–Trinajstić information content (AvgIpc) is 2.65. The summed E-state index contributed by atoms with van der Waals surface area (Å²) in [6.07, 6.45) is 1.51. The van der Waals surface area contributed by atoms with Gasteiger partial charge in [0.1, 0.15) is 5.15 Å². The fraction of sp³-hybridized carbons (Fsp3) is 0.0526. The number of nitrogens with zero attached hydrogens (tertiary/aromatic N) is 1. The molecule has 0 bridgehead atoms. The third kappa shape index (κ3) is 7.43. The summed E-state index contributed by atoms with van der Waals surface area (Å²) in [7, 11) is 0. The third-order valence-corrected chi connectivity index (χ3v) is 3.76. The summed E-state index contributed by atoms with van der Waals surface area (Å²) in [4.78, 5) is 15.6. The molecule has 0 aliphatic heterocycles. The summed E-state index contributed by atoms with van der Waals surface area (Å²) < 4.78 is 12.5. The zero-order chi connectivity index (χ0) is 18.9. The van der Waals surface area contributed by atoms with Crippen LogP contribution >= 0.6 is 35.6 Å². The number of aromatic nitrogens is 1. The van der Waals surface area contributed by atoms with E-state index in [9.17, 15) is 9.18 Å². The molecular formula is C19H17Cl3FN3O. The minimum absolute atomic E-state index is 0. The number of hydrogen-bond acceptors (Lipinski definition) is 3. The van der Waals surface area contributed by atoms with E-state index in [0.717, 1.165) is 5.56 Å². The molecule has 27 heavy (non-hydrogen) atoms. The predicted molar refractivity (Wildman–Crippen MR) is 110 cm³/mol. The maximum atomic E-state index is 12.5. The lowest BCUT2D eigenvalue weighted by atomic mass is 10.2. The maximum Gasteiger partial charge on any atom is 0.251 e. The van der Waals surface area contributed by atoms with Gasteiger partial charge < -0.3 is 11.1 Å². The summed E-state index contributed by atoms with van der Waals surface area (Å²) in [5, 5.41) is 3.20. The van der Waals surface area contributed by atoms with E-state index in [1.165, 1.54) is 18.3 Å². The summed E-state index contributed by atoms with van der Waals surface area (Å²) >= 11 is 11.1. The summed E-state index contributed by atoms with van der Waals surface area (Å²) in [6, 6.07) is 17.4. The van der Waals surface area contributed by atoms with Crippen molar-refractivity contribution >= 4 is 47.2 Å². The number of pyridine rings is 1. The predicted octanol–water partition coefficient (Wildman–Crippen LogP) is 5.15. The molecule has 2 aromatic carbocycles. The highest BCUT2D eigenvalue weighted by Gasteiger charge is 2.05. The van der Waals surface area contributed by atoms with Gasteiger partial charge in [0.05, 0.1) is 10.7 Å².